The van der Waals surface area contributed by atoms with Gasteiger partial charge >= 0.3 is 5.97 Å². The summed E-state index contributed by atoms with van der Waals surface area (Å²) in [7, 11) is 1.61. The van der Waals surface area contributed by atoms with Crippen LogP contribution in [0.1, 0.15) is 11.1 Å². The van der Waals surface area contributed by atoms with Crippen molar-refractivity contribution in [2.75, 3.05) is 20.2 Å². The van der Waals surface area contributed by atoms with Gasteiger partial charge in [-0.15, -0.1) is 0 Å². The minimum absolute atomic E-state index is 0.0398. The van der Waals surface area contributed by atoms with Gasteiger partial charge in [0.25, 0.3) is 0 Å². The van der Waals surface area contributed by atoms with E-state index in [4.69, 9.17) is 21.4 Å². The van der Waals surface area contributed by atoms with E-state index in [1.807, 2.05) is 19.1 Å². The highest BCUT2D eigenvalue weighted by atomic mass is 35.5. The van der Waals surface area contributed by atoms with E-state index < -0.39 is 5.97 Å². The summed E-state index contributed by atoms with van der Waals surface area (Å²) in [5.74, 6) is -0.0806. The average Bonchev–Trinajstić information content (AvgIpc) is 2.28. The number of halogens is 1. The Morgan fingerprint density at radius 2 is 2.24 bits per heavy atom. The SMILES string of the molecule is COc1cc(C)c(Cl)cc1CCNCC(=O)O. The van der Waals surface area contributed by atoms with Crippen LogP contribution in [0.15, 0.2) is 12.1 Å². The molecule has 0 radical (unpaired) electrons. The number of nitrogens with one attached hydrogen (secondary N) is 1. The Morgan fingerprint density at radius 3 is 2.82 bits per heavy atom. The third-order valence-electron chi connectivity index (χ3n) is 2.41. The average molecular weight is 258 g/mol. The molecule has 0 bridgehead atoms. The number of carboxylic acid groups (broad SMARTS) is 1. The molecule has 0 aliphatic heterocycles. The number of benzene rings is 1. The highest BCUT2D eigenvalue weighted by Crippen LogP contribution is 2.26. The van der Waals surface area contributed by atoms with Gasteiger partial charge < -0.3 is 15.2 Å². The number of hydrogen-bond donors (Lipinski definition) is 2. The fraction of sp³-hybridized carbons (Fsp3) is 0.417. The summed E-state index contributed by atoms with van der Waals surface area (Å²) < 4.78 is 5.26. The van der Waals surface area contributed by atoms with Crippen molar-refractivity contribution in [3.8, 4) is 5.75 Å². The molecule has 0 aromatic heterocycles. The quantitative estimate of drug-likeness (QED) is 0.764. The van der Waals surface area contributed by atoms with Crippen LogP contribution in [0.25, 0.3) is 0 Å². The molecule has 1 aromatic rings. The second kappa shape index (κ2) is 6.47. The molecule has 0 aliphatic carbocycles. The van der Waals surface area contributed by atoms with Crippen molar-refractivity contribution in [3.63, 3.8) is 0 Å². The molecule has 1 aromatic carbocycles. The Labute approximate surface area is 106 Å². The van der Waals surface area contributed by atoms with Crippen molar-refractivity contribution in [3.05, 3.63) is 28.3 Å². The van der Waals surface area contributed by atoms with Crippen LogP contribution in [0.3, 0.4) is 0 Å². The molecule has 0 spiro atoms. The molecule has 0 amide bonds. The fourth-order valence-electron chi connectivity index (χ4n) is 1.50. The van der Waals surface area contributed by atoms with E-state index >= 15 is 0 Å². The molecule has 0 fully saturated rings. The number of rotatable bonds is 6. The number of carboxylic acids is 1. The maximum atomic E-state index is 10.3. The number of ether oxygens (including phenoxy) is 1. The van der Waals surface area contributed by atoms with E-state index in [9.17, 15) is 4.79 Å². The largest absolute Gasteiger partial charge is 0.496 e. The first-order valence-corrected chi connectivity index (χ1v) is 5.68. The van der Waals surface area contributed by atoms with Crippen molar-refractivity contribution in [2.45, 2.75) is 13.3 Å². The topological polar surface area (TPSA) is 58.6 Å². The molecule has 4 nitrogen and oxygen atoms in total. The van der Waals surface area contributed by atoms with Gasteiger partial charge in [-0.2, -0.15) is 0 Å². The van der Waals surface area contributed by atoms with Crippen LogP contribution in [0.5, 0.6) is 5.75 Å². The zero-order chi connectivity index (χ0) is 12.8. The fourth-order valence-corrected chi connectivity index (χ4v) is 1.69. The Bertz CT molecular complexity index is 407. The van der Waals surface area contributed by atoms with Gasteiger partial charge in [0, 0.05) is 5.02 Å². The molecule has 0 saturated carbocycles. The van der Waals surface area contributed by atoms with Crippen molar-refractivity contribution in [2.24, 2.45) is 0 Å². The zero-order valence-corrected chi connectivity index (χ0v) is 10.7. The highest BCUT2D eigenvalue weighted by Gasteiger charge is 2.07. The summed E-state index contributed by atoms with van der Waals surface area (Å²) in [4.78, 5) is 10.3. The van der Waals surface area contributed by atoms with Crippen molar-refractivity contribution >= 4 is 17.6 Å². The maximum absolute atomic E-state index is 10.3. The van der Waals surface area contributed by atoms with E-state index in [2.05, 4.69) is 5.32 Å². The van der Waals surface area contributed by atoms with Gasteiger partial charge in [0.15, 0.2) is 0 Å². The molecule has 0 unspecified atom stereocenters. The monoisotopic (exact) mass is 257 g/mol. The van der Waals surface area contributed by atoms with Gasteiger partial charge in [0.2, 0.25) is 0 Å². The number of aliphatic carboxylic acids is 1. The summed E-state index contributed by atoms with van der Waals surface area (Å²) in [6.07, 6.45) is 0.677. The van der Waals surface area contributed by atoms with E-state index in [1.165, 1.54) is 0 Å². The molecular weight excluding hydrogens is 242 g/mol. The van der Waals surface area contributed by atoms with E-state index in [0.717, 1.165) is 16.9 Å². The first kappa shape index (κ1) is 13.8. The van der Waals surface area contributed by atoms with E-state index in [0.29, 0.717) is 18.0 Å². The lowest BCUT2D eigenvalue weighted by atomic mass is 10.1. The predicted molar refractivity (Wildman–Crippen MR) is 67.0 cm³/mol. The Hall–Kier alpha value is -1.26. The molecule has 0 heterocycles. The van der Waals surface area contributed by atoms with E-state index in [1.54, 1.807) is 7.11 Å². The number of carbonyl (C=O) groups is 1. The van der Waals surface area contributed by atoms with E-state index in [-0.39, 0.29) is 6.54 Å². The zero-order valence-electron chi connectivity index (χ0n) is 9.92. The normalized spacial score (nSPS) is 10.3. The minimum atomic E-state index is -0.862. The van der Waals surface area contributed by atoms with Gasteiger partial charge in [0.05, 0.1) is 13.7 Å². The molecule has 17 heavy (non-hydrogen) atoms. The molecule has 5 heteroatoms. The molecule has 1 rings (SSSR count). The molecule has 2 N–H and O–H groups in total. The second-order valence-corrected chi connectivity index (χ2v) is 4.14. The van der Waals surface area contributed by atoms with Crippen LogP contribution in [0.4, 0.5) is 0 Å². The first-order chi connectivity index (χ1) is 8.04. The third kappa shape index (κ3) is 4.24. The van der Waals surface area contributed by atoms with Crippen LogP contribution in [-0.2, 0) is 11.2 Å². The molecule has 0 atom stereocenters. The Morgan fingerprint density at radius 1 is 1.53 bits per heavy atom. The van der Waals surface area contributed by atoms with Gasteiger partial charge in [-0.25, -0.2) is 0 Å². The molecule has 94 valence electrons. The smallest absolute Gasteiger partial charge is 0.317 e. The van der Waals surface area contributed by atoms with Gasteiger partial charge in [0.1, 0.15) is 5.75 Å². The Kier molecular flexibility index (Phi) is 5.25. The van der Waals surface area contributed by atoms with Crippen LogP contribution in [0.2, 0.25) is 5.02 Å². The summed E-state index contributed by atoms with van der Waals surface area (Å²) >= 11 is 6.04. The van der Waals surface area contributed by atoms with Crippen LogP contribution in [0, 0.1) is 6.92 Å². The summed E-state index contributed by atoms with van der Waals surface area (Å²) in [5, 5.41) is 12.0. The van der Waals surface area contributed by atoms with Crippen molar-refractivity contribution < 1.29 is 14.6 Å². The number of hydrogen-bond acceptors (Lipinski definition) is 3. The van der Waals surface area contributed by atoms with Gasteiger partial charge in [-0.1, -0.05) is 11.6 Å². The van der Waals surface area contributed by atoms with Crippen molar-refractivity contribution in [1.29, 1.82) is 0 Å². The summed E-state index contributed by atoms with van der Waals surface area (Å²) in [6.45, 7) is 2.45. The van der Waals surface area contributed by atoms with Crippen LogP contribution >= 0.6 is 11.6 Å². The third-order valence-corrected chi connectivity index (χ3v) is 2.82. The molecular formula is C12H16ClNO3. The minimum Gasteiger partial charge on any atom is -0.496 e. The number of methoxy groups -OCH3 is 1. The van der Waals surface area contributed by atoms with Crippen LogP contribution < -0.4 is 10.1 Å². The Balaban J connectivity index is 2.63. The van der Waals surface area contributed by atoms with Gasteiger partial charge in [-0.3, -0.25) is 4.79 Å². The summed E-state index contributed by atoms with van der Waals surface area (Å²) in [6, 6.07) is 3.74. The second-order valence-electron chi connectivity index (χ2n) is 3.73. The lowest BCUT2D eigenvalue weighted by Crippen LogP contribution is -2.24. The van der Waals surface area contributed by atoms with Crippen LogP contribution in [-0.4, -0.2) is 31.3 Å². The number of aryl methyl sites for hydroxylation is 1. The standard InChI is InChI=1S/C12H16ClNO3/c1-8-5-11(17-2)9(6-10(8)13)3-4-14-7-12(15)16/h5-6,14H,3-4,7H2,1-2H3,(H,15,16). The summed E-state index contributed by atoms with van der Waals surface area (Å²) in [5.41, 5.74) is 1.94. The molecule has 0 aliphatic rings. The first-order valence-electron chi connectivity index (χ1n) is 5.30. The van der Waals surface area contributed by atoms with Gasteiger partial charge in [-0.05, 0) is 43.1 Å². The maximum Gasteiger partial charge on any atom is 0.317 e. The van der Waals surface area contributed by atoms with Crippen molar-refractivity contribution in [1.82, 2.24) is 5.32 Å². The highest BCUT2D eigenvalue weighted by molar-refractivity contribution is 6.31. The predicted octanol–water partition coefficient (Wildman–Crippen LogP) is 1.87. The lowest BCUT2D eigenvalue weighted by Gasteiger charge is -2.11. The lowest BCUT2D eigenvalue weighted by molar-refractivity contribution is -0.135. The molecule has 0 saturated heterocycles.